The minimum Gasteiger partial charge on any atom is -0.406 e. The second kappa shape index (κ2) is 7.01. The maximum absolute atomic E-state index is 12.0. The predicted molar refractivity (Wildman–Crippen MR) is 79.5 cm³/mol. The number of hydrogen-bond acceptors (Lipinski definition) is 4. The quantitative estimate of drug-likeness (QED) is 0.873. The van der Waals surface area contributed by atoms with Gasteiger partial charge in [0.05, 0.1) is 0 Å². The van der Waals surface area contributed by atoms with E-state index in [0.29, 0.717) is 0 Å². The van der Waals surface area contributed by atoms with E-state index in [1.165, 1.54) is 23.5 Å². The number of aliphatic hydroxyl groups is 1. The molecule has 0 aliphatic heterocycles. The highest BCUT2D eigenvalue weighted by atomic mass is 32.1. The van der Waals surface area contributed by atoms with Gasteiger partial charge in [0.2, 0.25) is 0 Å². The maximum Gasteiger partial charge on any atom is 0.573 e. The summed E-state index contributed by atoms with van der Waals surface area (Å²) in [5, 5.41) is 14.4. The van der Waals surface area contributed by atoms with Crippen LogP contribution in [0.2, 0.25) is 0 Å². The predicted octanol–water partition coefficient (Wildman–Crippen LogP) is 3.42. The Morgan fingerprint density at radius 2 is 1.96 bits per heavy atom. The molecule has 0 bridgehead atoms. The number of halogens is 3. The van der Waals surface area contributed by atoms with Gasteiger partial charge in [0.25, 0.3) is 5.91 Å². The van der Waals surface area contributed by atoms with Gasteiger partial charge in [-0.05, 0) is 48.2 Å². The lowest BCUT2D eigenvalue weighted by molar-refractivity contribution is -0.274. The normalized spacial score (nSPS) is 12.7. The van der Waals surface area contributed by atoms with Gasteiger partial charge in [-0.1, -0.05) is 0 Å². The number of thiophene rings is 1. The molecular weight excluding hydrogens is 331 g/mol. The number of carbonyl (C=O) groups is 1. The minimum atomic E-state index is -4.77. The lowest BCUT2D eigenvalue weighted by Gasteiger charge is -2.12. The van der Waals surface area contributed by atoms with Crippen molar-refractivity contribution in [2.24, 2.45) is 0 Å². The van der Waals surface area contributed by atoms with Crippen LogP contribution in [0.25, 0.3) is 0 Å². The molecule has 0 aliphatic carbocycles. The van der Waals surface area contributed by atoms with Crippen LogP contribution in [0.5, 0.6) is 5.75 Å². The van der Waals surface area contributed by atoms with Crippen LogP contribution in [0, 0.1) is 6.92 Å². The fraction of sp³-hybridized carbons (Fsp3) is 0.267. The van der Waals surface area contributed by atoms with Gasteiger partial charge in [-0.15, -0.1) is 24.5 Å². The van der Waals surface area contributed by atoms with Crippen LogP contribution < -0.4 is 10.1 Å². The molecule has 124 valence electrons. The van der Waals surface area contributed by atoms with Crippen molar-refractivity contribution in [1.29, 1.82) is 0 Å². The van der Waals surface area contributed by atoms with Crippen molar-refractivity contribution >= 4 is 17.2 Å². The number of amides is 1. The summed E-state index contributed by atoms with van der Waals surface area (Å²) in [5.41, 5.74) is 1.11. The molecule has 1 amide bonds. The molecule has 0 unspecified atom stereocenters. The van der Waals surface area contributed by atoms with Gasteiger partial charge in [-0.25, -0.2) is 0 Å². The second-order valence-electron chi connectivity index (χ2n) is 4.77. The van der Waals surface area contributed by atoms with Crippen molar-refractivity contribution in [1.82, 2.24) is 5.32 Å². The number of ether oxygens (including phenoxy) is 1. The summed E-state index contributed by atoms with van der Waals surface area (Å²) in [6.07, 6.45) is -5.60. The highest BCUT2D eigenvalue weighted by Gasteiger charge is 2.31. The summed E-state index contributed by atoms with van der Waals surface area (Å²) in [4.78, 5) is 12.7. The maximum atomic E-state index is 12.0. The summed E-state index contributed by atoms with van der Waals surface area (Å²) < 4.78 is 39.9. The van der Waals surface area contributed by atoms with Gasteiger partial charge in [0.15, 0.2) is 0 Å². The van der Waals surface area contributed by atoms with Crippen LogP contribution in [0.15, 0.2) is 35.7 Å². The number of aryl methyl sites for hydroxylation is 1. The summed E-state index contributed by atoms with van der Waals surface area (Å²) in [6, 6.07) is 6.42. The minimum absolute atomic E-state index is 0.0149. The molecular formula is C15H14F3NO3S. The number of alkyl halides is 3. The SMILES string of the molecule is Cc1ccsc1[C@@H](O)CNC(=O)c1ccc(OC(F)(F)F)cc1. The van der Waals surface area contributed by atoms with E-state index in [9.17, 15) is 23.1 Å². The van der Waals surface area contributed by atoms with Crippen LogP contribution >= 0.6 is 11.3 Å². The fourth-order valence-corrected chi connectivity index (χ4v) is 2.83. The highest BCUT2D eigenvalue weighted by Crippen LogP contribution is 2.24. The van der Waals surface area contributed by atoms with E-state index in [0.717, 1.165) is 22.6 Å². The Morgan fingerprint density at radius 3 is 2.48 bits per heavy atom. The largest absolute Gasteiger partial charge is 0.573 e. The van der Waals surface area contributed by atoms with Crippen LogP contribution in [0.4, 0.5) is 13.2 Å². The number of benzene rings is 1. The lowest BCUT2D eigenvalue weighted by Crippen LogP contribution is -2.28. The molecule has 1 aromatic carbocycles. The lowest BCUT2D eigenvalue weighted by atomic mass is 10.2. The molecule has 0 radical (unpaired) electrons. The molecule has 0 saturated carbocycles. The van der Waals surface area contributed by atoms with E-state index in [2.05, 4.69) is 10.1 Å². The Morgan fingerprint density at radius 1 is 1.30 bits per heavy atom. The Balaban J connectivity index is 1.92. The number of carbonyl (C=O) groups excluding carboxylic acids is 1. The van der Waals surface area contributed by atoms with Gasteiger partial charge in [0, 0.05) is 17.0 Å². The van der Waals surface area contributed by atoms with Crippen LogP contribution in [-0.2, 0) is 0 Å². The molecule has 1 aromatic heterocycles. The second-order valence-corrected chi connectivity index (χ2v) is 5.71. The summed E-state index contributed by atoms with van der Waals surface area (Å²) in [7, 11) is 0. The molecule has 0 saturated heterocycles. The zero-order valence-electron chi connectivity index (χ0n) is 12.1. The zero-order valence-corrected chi connectivity index (χ0v) is 12.9. The third-order valence-corrected chi connectivity index (χ3v) is 4.13. The molecule has 2 aromatic rings. The summed E-state index contributed by atoms with van der Waals surface area (Å²) in [5.74, 6) is -0.889. The third-order valence-electron chi connectivity index (χ3n) is 3.01. The molecule has 1 atom stereocenters. The van der Waals surface area contributed by atoms with Gasteiger partial charge in [-0.3, -0.25) is 4.79 Å². The Hall–Kier alpha value is -2.06. The van der Waals surface area contributed by atoms with E-state index in [-0.39, 0.29) is 12.1 Å². The third kappa shape index (κ3) is 4.97. The molecule has 1 heterocycles. The Bertz CT molecular complexity index is 667. The topological polar surface area (TPSA) is 58.6 Å². The fourth-order valence-electron chi connectivity index (χ4n) is 1.92. The number of hydrogen-bond donors (Lipinski definition) is 2. The number of aliphatic hydroxyl groups excluding tert-OH is 1. The van der Waals surface area contributed by atoms with Crippen LogP contribution in [0.3, 0.4) is 0 Å². The van der Waals surface area contributed by atoms with Crippen molar-refractivity contribution in [3.05, 3.63) is 51.7 Å². The van der Waals surface area contributed by atoms with Gasteiger partial charge < -0.3 is 15.2 Å². The molecule has 0 aliphatic rings. The van der Waals surface area contributed by atoms with E-state index in [4.69, 9.17) is 0 Å². The average Bonchev–Trinajstić information content (AvgIpc) is 2.90. The first-order valence-corrected chi connectivity index (χ1v) is 7.50. The summed E-state index contributed by atoms with van der Waals surface area (Å²) >= 11 is 1.39. The van der Waals surface area contributed by atoms with Crippen molar-refractivity contribution in [3.8, 4) is 5.75 Å². The molecule has 23 heavy (non-hydrogen) atoms. The standard InChI is InChI=1S/C15H14F3NO3S/c1-9-6-7-23-13(9)12(20)8-19-14(21)10-2-4-11(5-3-10)22-15(16,17)18/h2-7,12,20H,8H2,1H3,(H,19,21)/t12-/m0/s1. The van der Waals surface area contributed by atoms with E-state index < -0.39 is 24.1 Å². The monoisotopic (exact) mass is 345 g/mol. The van der Waals surface area contributed by atoms with Gasteiger partial charge in [0.1, 0.15) is 11.9 Å². The smallest absolute Gasteiger partial charge is 0.406 e. The van der Waals surface area contributed by atoms with Crippen molar-refractivity contribution in [2.45, 2.75) is 19.4 Å². The first kappa shape index (κ1) is 17.3. The first-order valence-electron chi connectivity index (χ1n) is 6.62. The summed E-state index contributed by atoms with van der Waals surface area (Å²) in [6.45, 7) is 1.87. The number of rotatable bonds is 5. The van der Waals surface area contributed by atoms with Gasteiger partial charge >= 0.3 is 6.36 Å². The first-order chi connectivity index (χ1) is 10.8. The average molecular weight is 345 g/mol. The molecule has 2 N–H and O–H groups in total. The van der Waals surface area contributed by atoms with Crippen molar-refractivity contribution in [2.75, 3.05) is 6.54 Å². The van der Waals surface area contributed by atoms with E-state index in [1.54, 1.807) is 0 Å². The van der Waals surface area contributed by atoms with Crippen molar-refractivity contribution in [3.63, 3.8) is 0 Å². The van der Waals surface area contributed by atoms with Crippen LogP contribution in [-0.4, -0.2) is 23.9 Å². The zero-order chi connectivity index (χ0) is 17.0. The Labute approximate surface area is 134 Å². The molecule has 8 heteroatoms. The molecule has 4 nitrogen and oxygen atoms in total. The highest BCUT2D eigenvalue weighted by molar-refractivity contribution is 7.10. The van der Waals surface area contributed by atoms with Crippen molar-refractivity contribution < 1.29 is 27.8 Å². The van der Waals surface area contributed by atoms with Crippen LogP contribution in [0.1, 0.15) is 26.9 Å². The Kier molecular flexibility index (Phi) is 5.27. The van der Waals surface area contributed by atoms with Gasteiger partial charge in [-0.2, -0.15) is 0 Å². The molecule has 0 fully saturated rings. The van der Waals surface area contributed by atoms with E-state index in [1.807, 2.05) is 18.4 Å². The van der Waals surface area contributed by atoms with E-state index >= 15 is 0 Å². The number of nitrogens with one attached hydrogen (secondary N) is 1. The molecule has 2 rings (SSSR count). The molecule has 0 spiro atoms.